The van der Waals surface area contributed by atoms with E-state index >= 15 is 0 Å². The molecule has 0 saturated carbocycles. The lowest BCUT2D eigenvalue weighted by Gasteiger charge is -2.13. The average molecular weight is 212 g/mol. The minimum absolute atomic E-state index is 0.0847. The number of hydrogen-bond donors (Lipinski definition) is 2. The molecule has 0 aliphatic rings. The predicted octanol–water partition coefficient (Wildman–Crippen LogP) is 2.60. The topological polar surface area (TPSA) is 40.5 Å². The van der Waals surface area contributed by atoms with Crippen LogP contribution in [-0.4, -0.2) is 10.2 Å². The van der Waals surface area contributed by atoms with Crippen molar-refractivity contribution in [2.45, 2.75) is 12.5 Å². The highest BCUT2D eigenvalue weighted by atomic mass is 16.3. The monoisotopic (exact) mass is 212 g/mol. The molecule has 0 aliphatic heterocycles. The largest absolute Gasteiger partial charge is 0.508 e. The molecule has 1 unspecified atom stereocenters. The normalized spacial score (nSPS) is 12.2. The maximum absolute atomic E-state index is 9.90. The van der Waals surface area contributed by atoms with Gasteiger partial charge in [0.15, 0.2) is 0 Å². The summed E-state index contributed by atoms with van der Waals surface area (Å²) >= 11 is 0. The van der Waals surface area contributed by atoms with Gasteiger partial charge in [-0.15, -0.1) is 12.3 Å². The first-order chi connectivity index (χ1) is 7.74. The van der Waals surface area contributed by atoms with E-state index in [1.54, 1.807) is 6.07 Å². The van der Waals surface area contributed by atoms with Crippen molar-refractivity contribution in [3.8, 4) is 18.1 Å². The summed E-state index contributed by atoms with van der Waals surface area (Å²) in [4.78, 5) is 0. The van der Waals surface area contributed by atoms with E-state index in [2.05, 4.69) is 5.92 Å². The summed E-state index contributed by atoms with van der Waals surface area (Å²) in [6.07, 6.45) is 4.54. The Morgan fingerprint density at radius 3 is 2.69 bits per heavy atom. The van der Waals surface area contributed by atoms with Crippen molar-refractivity contribution in [3.63, 3.8) is 0 Å². The average Bonchev–Trinajstić information content (AvgIpc) is 2.29. The fourth-order valence-electron chi connectivity index (χ4n) is 1.85. The summed E-state index contributed by atoms with van der Waals surface area (Å²) in [5, 5.41) is 21.5. The van der Waals surface area contributed by atoms with Gasteiger partial charge in [-0.05, 0) is 16.8 Å². The van der Waals surface area contributed by atoms with Gasteiger partial charge in [0.2, 0.25) is 0 Å². The molecule has 1 atom stereocenters. The third-order valence-electron chi connectivity index (χ3n) is 2.59. The summed E-state index contributed by atoms with van der Waals surface area (Å²) < 4.78 is 0. The highest BCUT2D eigenvalue weighted by molar-refractivity contribution is 5.88. The van der Waals surface area contributed by atoms with Gasteiger partial charge in [-0.2, -0.15) is 0 Å². The maximum Gasteiger partial charge on any atom is 0.122 e. The van der Waals surface area contributed by atoms with Gasteiger partial charge in [0.05, 0.1) is 6.10 Å². The van der Waals surface area contributed by atoms with E-state index in [4.69, 9.17) is 6.42 Å². The van der Waals surface area contributed by atoms with Gasteiger partial charge >= 0.3 is 0 Å². The fraction of sp³-hybridized carbons (Fsp3) is 0.143. The van der Waals surface area contributed by atoms with Crippen LogP contribution in [0.5, 0.6) is 5.75 Å². The number of aliphatic hydroxyl groups is 1. The first-order valence-corrected chi connectivity index (χ1v) is 5.06. The van der Waals surface area contributed by atoms with Crippen LogP contribution < -0.4 is 0 Å². The van der Waals surface area contributed by atoms with Crippen LogP contribution in [-0.2, 0) is 0 Å². The highest BCUT2D eigenvalue weighted by Crippen LogP contribution is 2.33. The van der Waals surface area contributed by atoms with E-state index in [1.807, 2.05) is 30.3 Å². The Labute approximate surface area is 94.2 Å². The molecule has 0 heterocycles. The van der Waals surface area contributed by atoms with Gasteiger partial charge in [-0.25, -0.2) is 0 Å². The Balaban J connectivity index is 2.66. The van der Waals surface area contributed by atoms with Crippen LogP contribution in [0.1, 0.15) is 18.1 Å². The highest BCUT2D eigenvalue weighted by Gasteiger charge is 2.14. The molecule has 0 aliphatic carbocycles. The molecule has 2 heteroatoms. The lowest BCUT2D eigenvalue weighted by atomic mass is 9.98. The van der Waals surface area contributed by atoms with Crippen LogP contribution in [0.4, 0.5) is 0 Å². The van der Waals surface area contributed by atoms with E-state index in [-0.39, 0.29) is 12.2 Å². The number of terminal acetylenes is 1. The SMILES string of the molecule is C#CCC(O)c1c(O)ccc2ccccc12. The third-order valence-corrected chi connectivity index (χ3v) is 2.59. The molecule has 80 valence electrons. The molecule has 16 heavy (non-hydrogen) atoms. The second-order valence-electron chi connectivity index (χ2n) is 3.64. The summed E-state index contributed by atoms with van der Waals surface area (Å²) in [6, 6.07) is 11.0. The van der Waals surface area contributed by atoms with Gasteiger partial charge < -0.3 is 10.2 Å². The molecule has 0 amide bonds. The van der Waals surface area contributed by atoms with E-state index in [1.165, 1.54) is 0 Å². The molecule has 0 aromatic heterocycles. The quantitative estimate of drug-likeness (QED) is 0.751. The summed E-state index contributed by atoms with van der Waals surface area (Å²) in [6.45, 7) is 0. The van der Waals surface area contributed by atoms with Crippen molar-refractivity contribution >= 4 is 10.8 Å². The van der Waals surface area contributed by atoms with Crippen molar-refractivity contribution in [1.29, 1.82) is 0 Å². The van der Waals surface area contributed by atoms with E-state index in [0.29, 0.717) is 5.56 Å². The van der Waals surface area contributed by atoms with E-state index < -0.39 is 6.10 Å². The molecule has 0 saturated heterocycles. The van der Waals surface area contributed by atoms with E-state index in [0.717, 1.165) is 10.8 Å². The lowest BCUT2D eigenvalue weighted by Crippen LogP contribution is -1.97. The summed E-state index contributed by atoms with van der Waals surface area (Å²) in [5.74, 6) is 2.48. The summed E-state index contributed by atoms with van der Waals surface area (Å²) in [7, 11) is 0. The van der Waals surface area contributed by atoms with Gasteiger partial charge in [0.1, 0.15) is 5.75 Å². The number of rotatable bonds is 2. The van der Waals surface area contributed by atoms with Crippen LogP contribution in [0.15, 0.2) is 36.4 Å². The van der Waals surface area contributed by atoms with Gasteiger partial charge in [0.25, 0.3) is 0 Å². The second kappa shape index (κ2) is 4.26. The van der Waals surface area contributed by atoms with Crippen molar-refractivity contribution in [1.82, 2.24) is 0 Å². The Hall–Kier alpha value is -1.98. The molecule has 0 fully saturated rings. The second-order valence-corrected chi connectivity index (χ2v) is 3.64. The molecule has 0 radical (unpaired) electrons. The number of fused-ring (bicyclic) bond motifs is 1. The van der Waals surface area contributed by atoms with Gasteiger partial charge in [-0.1, -0.05) is 30.3 Å². The van der Waals surface area contributed by atoms with Crippen molar-refractivity contribution in [2.75, 3.05) is 0 Å². The number of phenols is 1. The zero-order valence-electron chi connectivity index (χ0n) is 8.72. The van der Waals surface area contributed by atoms with Crippen molar-refractivity contribution < 1.29 is 10.2 Å². The molecule has 2 rings (SSSR count). The Morgan fingerprint density at radius 1 is 1.19 bits per heavy atom. The number of aromatic hydroxyl groups is 1. The number of benzene rings is 2. The molecule has 2 aromatic carbocycles. The maximum atomic E-state index is 9.90. The molecule has 0 bridgehead atoms. The van der Waals surface area contributed by atoms with Crippen LogP contribution >= 0.6 is 0 Å². The Morgan fingerprint density at radius 2 is 1.94 bits per heavy atom. The number of phenolic OH excluding ortho intramolecular Hbond substituents is 1. The number of hydrogen-bond acceptors (Lipinski definition) is 2. The van der Waals surface area contributed by atoms with Crippen LogP contribution in [0, 0.1) is 12.3 Å². The lowest BCUT2D eigenvalue weighted by molar-refractivity contribution is 0.181. The molecule has 2 N–H and O–H groups in total. The molecule has 2 nitrogen and oxygen atoms in total. The minimum atomic E-state index is -0.823. The molecule has 0 spiro atoms. The Kier molecular flexibility index (Phi) is 2.80. The Bertz CT molecular complexity index is 552. The van der Waals surface area contributed by atoms with Gasteiger partial charge in [0, 0.05) is 12.0 Å². The first kappa shape index (κ1) is 10.5. The first-order valence-electron chi connectivity index (χ1n) is 5.06. The molecular formula is C14H12O2. The van der Waals surface area contributed by atoms with Crippen LogP contribution in [0.2, 0.25) is 0 Å². The van der Waals surface area contributed by atoms with Crippen LogP contribution in [0.25, 0.3) is 10.8 Å². The third kappa shape index (κ3) is 1.73. The van der Waals surface area contributed by atoms with Crippen molar-refractivity contribution in [2.24, 2.45) is 0 Å². The van der Waals surface area contributed by atoms with Crippen molar-refractivity contribution in [3.05, 3.63) is 42.0 Å². The smallest absolute Gasteiger partial charge is 0.122 e. The van der Waals surface area contributed by atoms with E-state index in [9.17, 15) is 10.2 Å². The fourth-order valence-corrected chi connectivity index (χ4v) is 1.85. The predicted molar refractivity (Wildman–Crippen MR) is 64.0 cm³/mol. The molecular weight excluding hydrogens is 200 g/mol. The zero-order valence-corrected chi connectivity index (χ0v) is 8.72. The zero-order chi connectivity index (χ0) is 11.5. The van der Waals surface area contributed by atoms with Gasteiger partial charge in [-0.3, -0.25) is 0 Å². The van der Waals surface area contributed by atoms with Crippen LogP contribution in [0.3, 0.4) is 0 Å². The molecule has 2 aromatic rings. The summed E-state index contributed by atoms with van der Waals surface area (Å²) in [5.41, 5.74) is 0.510. The number of aliphatic hydroxyl groups excluding tert-OH is 1. The minimum Gasteiger partial charge on any atom is -0.508 e. The standard InChI is InChI=1S/C14H12O2/c1-2-5-12(15)14-11-7-4-3-6-10(11)8-9-13(14)16/h1,3-4,6-9,12,15-16H,5H2.